The molecule has 0 bridgehead atoms. The minimum Gasteiger partial charge on any atom is -0.309 e. The van der Waals surface area contributed by atoms with Crippen LogP contribution in [0.5, 0.6) is 0 Å². The molecule has 0 saturated carbocycles. The highest BCUT2D eigenvalue weighted by Crippen LogP contribution is 2.43. The highest BCUT2D eigenvalue weighted by molar-refractivity contribution is 7.26. The quantitative estimate of drug-likeness (QED) is 0.137. The molecule has 14 aromatic carbocycles. The smallest absolute Gasteiger partial charge is 0.160 e. The van der Waals surface area contributed by atoms with Gasteiger partial charge in [0.05, 0.1) is 44.8 Å². The molecule has 0 atom stereocenters. The summed E-state index contributed by atoms with van der Waals surface area (Å²) < 4.78 is 9.75. The number of aromatic nitrogens is 6. The summed E-state index contributed by atoms with van der Waals surface area (Å²) in [5.41, 5.74) is 21.5. The van der Waals surface area contributed by atoms with Gasteiger partial charge in [0.25, 0.3) is 0 Å². The summed E-state index contributed by atoms with van der Waals surface area (Å²) in [5, 5.41) is 10.1. The van der Waals surface area contributed by atoms with E-state index in [9.17, 15) is 0 Å². The highest BCUT2D eigenvalue weighted by Gasteiger charge is 2.20. The number of para-hydroxylation sites is 4. The van der Waals surface area contributed by atoms with Crippen molar-refractivity contribution in [3.05, 3.63) is 352 Å². The van der Waals surface area contributed by atoms with Gasteiger partial charge < -0.3 is 9.13 Å². The lowest BCUT2D eigenvalue weighted by Crippen LogP contribution is -1.98. The lowest BCUT2D eigenvalue weighted by atomic mass is 10.00. The van der Waals surface area contributed by atoms with Crippen LogP contribution in [-0.2, 0) is 0 Å². The number of thiophene rings is 2. The molecule has 0 aliphatic carbocycles. The lowest BCUT2D eigenvalue weighted by molar-refractivity contribution is 1.16. The summed E-state index contributed by atoms with van der Waals surface area (Å²) >= 11 is 3.65. The maximum atomic E-state index is 5.33. The molecule has 20 rings (SSSR count). The van der Waals surface area contributed by atoms with Gasteiger partial charge >= 0.3 is 0 Å². The third-order valence-corrected chi connectivity index (χ3v) is 21.6. The summed E-state index contributed by atoms with van der Waals surface area (Å²) in [6.45, 7) is 0. The molecule has 100 heavy (non-hydrogen) atoms. The zero-order chi connectivity index (χ0) is 66.0. The molecule has 6 heterocycles. The molecule has 0 N–H and O–H groups in total. The molecule has 8 heteroatoms. The van der Waals surface area contributed by atoms with Crippen LogP contribution in [0.3, 0.4) is 0 Å². The molecule has 20 aromatic rings. The third-order valence-electron chi connectivity index (χ3n) is 19.3. The fraction of sp³-hybridized carbons (Fsp3) is 0. The van der Waals surface area contributed by atoms with Crippen molar-refractivity contribution in [1.82, 2.24) is 29.1 Å². The van der Waals surface area contributed by atoms with Gasteiger partial charge in [-0.05, 0) is 119 Å². The van der Waals surface area contributed by atoms with Crippen LogP contribution in [0.2, 0.25) is 0 Å². The second kappa shape index (κ2) is 24.7. The first-order chi connectivity index (χ1) is 49.5. The first kappa shape index (κ1) is 58.6. The van der Waals surface area contributed by atoms with Gasteiger partial charge in [-0.3, -0.25) is 0 Å². The van der Waals surface area contributed by atoms with E-state index in [4.69, 9.17) is 19.9 Å². The van der Waals surface area contributed by atoms with E-state index < -0.39 is 0 Å². The number of rotatable bonds is 10. The third kappa shape index (κ3) is 10.5. The molecule has 6 aromatic heterocycles. The van der Waals surface area contributed by atoms with Crippen LogP contribution in [0.25, 0.3) is 185 Å². The maximum absolute atomic E-state index is 5.33. The summed E-state index contributed by atoms with van der Waals surface area (Å²) in [6.07, 6.45) is 0. The summed E-state index contributed by atoms with van der Waals surface area (Å²) in [5.74, 6) is 1.40. The van der Waals surface area contributed by atoms with E-state index in [1.165, 1.54) is 101 Å². The Morgan fingerprint density at radius 1 is 0.200 bits per heavy atom. The van der Waals surface area contributed by atoms with E-state index in [-0.39, 0.29) is 0 Å². The van der Waals surface area contributed by atoms with E-state index in [1.54, 1.807) is 0 Å². The Labute approximate surface area is 585 Å². The first-order valence-electron chi connectivity index (χ1n) is 33.7. The van der Waals surface area contributed by atoms with Crippen LogP contribution in [0.1, 0.15) is 0 Å². The van der Waals surface area contributed by atoms with E-state index >= 15 is 0 Å². The van der Waals surface area contributed by atoms with Gasteiger partial charge in [-0.2, -0.15) is 0 Å². The molecule has 0 aliphatic rings. The van der Waals surface area contributed by atoms with E-state index in [1.807, 2.05) is 28.7 Å². The molecule has 0 radical (unpaired) electrons. The van der Waals surface area contributed by atoms with Crippen molar-refractivity contribution < 1.29 is 0 Å². The minimum atomic E-state index is 0.698. The number of benzene rings is 14. The van der Waals surface area contributed by atoms with Gasteiger partial charge in [0, 0.05) is 107 Å². The van der Waals surface area contributed by atoms with E-state index in [2.05, 4.69) is 355 Å². The average molecular weight is 1310 g/mol. The summed E-state index contributed by atoms with van der Waals surface area (Å²) in [6, 6.07) is 125. The van der Waals surface area contributed by atoms with Gasteiger partial charge in [-0.15, -0.1) is 22.7 Å². The molecule has 468 valence electrons. The Bertz CT molecular complexity index is 6420. The second-order valence-corrected chi connectivity index (χ2v) is 27.4. The van der Waals surface area contributed by atoms with Crippen LogP contribution in [-0.4, -0.2) is 29.1 Å². The fourth-order valence-electron chi connectivity index (χ4n) is 14.5. The molecule has 0 fully saturated rings. The molecular formula is C92H58N6S2. The molecule has 0 amide bonds. The number of fused-ring (bicyclic) bond motifs is 12. The Balaban J connectivity index is 0.000000139. The van der Waals surface area contributed by atoms with Crippen LogP contribution in [0.4, 0.5) is 0 Å². The molecular weight excluding hydrogens is 1250 g/mol. The van der Waals surface area contributed by atoms with Gasteiger partial charge in [0.1, 0.15) is 0 Å². The highest BCUT2D eigenvalue weighted by atomic mass is 32.1. The molecule has 0 unspecified atom stereocenters. The molecule has 0 aliphatic heterocycles. The SMILES string of the molecule is c1ccc(-c2ccc(-c3cc(-c4ccc5c(c4)sc4ccccc45)nc(-c4ccc(-n5c6ccccc6c6ccccc65)cc4)n3)cc2)cc1.c1ccc(-c2cccc(-c3cc(-c4cccc5c4sc4ccccc45)nc(-c4cccc(-n5c6ccccc6c6ccccc65)c4)n3)c2)cc1. The Morgan fingerprint density at radius 2 is 0.590 bits per heavy atom. The topological polar surface area (TPSA) is 61.4 Å². The van der Waals surface area contributed by atoms with Crippen LogP contribution in [0, 0.1) is 0 Å². The predicted octanol–water partition coefficient (Wildman–Crippen LogP) is 25.2. The number of hydrogen-bond donors (Lipinski definition) is 0. The molecule has 0 spiro atoms. The zero-order valence-electron chi connectivity index (χ0n) is 54.0. The lowest BCUT2D eigenvalue weighted by Gasteiger charge is -2.13. The average Bonchev–Trinajstić information content (AvgIpc) is 1.61. The van der Waals surface area contributed by atoms with Crippen LogP contribution >= 0.6 is 22.7 Å². The molecule has 0 saturated heterocycles. The number of hydrogen-bond acceptors (Lipinski definition) is 6. The fourth-order valence-corrected chi connectivity index (χ4v) is 16.8. The zero-order valence-corrected chi connectivity index (χ0v) is 55.6. The normalized spacial score (nSPS) is 11.6. The summed E-state index contributed by atoms with van der Waals surface area (Å²) in [7, 11) is 0. The van der Waals surface area contributed by atoms with E-state index in [0.717, 1.165) is 73.1 Å². The van der Waals surface area contributed by atoms with Gasteiger partial charge in [-0.25, -0.2) is 19.9 Å². The Kier molecular flexibility index (Phi) is 14.5. The van der Waals surface area contributed by atoms with Crippen molar-refractivity contribution >= 4 is 107 Å². The van der Waals surface area contributed by atoms with Gasteiger partial charge in [-0.1, -0.05) is 255 Å². The van der Waals surface area contributed by atoms with Crippen LogP contribution in [0.15, 0.2) is 352 Å². The van der Waals surface area contributed by atoms with Gasteiger partial charge in [0.2, 0.25) is 0 Å². The second-order valence-electron chi connectivity index (χ2n) is 25.2. The van der Waals surface area contributed by atoms with Crippen molar-refractivity contribution in [1.29, 1.82) is 0 Å². The number of nitrogens with zero attached hydrogens (tertiary/aromatic N) is 6. The van der Waals surface area contributed by atoms with E-state index in [0.29, 0.717) is 11.6 Å². The minimum absolute atomic E-state index is 0.698. The monoisotopic (exact) mass is 1310 g/mol. The first-order valence-corrected chi connectivity index (χ1v) is 35.3. The van der Waals surface area contributed by atoms with Crippen LogP contribution < -0.4 is 0 Å². The Morgan fingerprint density at radius 3 is 1.22 bits per heavy atom. The summed E-state index contributed by atoms with van der Waals surface area (Å²) in [4.78, 5) is 21.0. The molecule has 6 nitrogen and oxygen atoms in total. The maximum Gasteiger partial charge on any atom is 0.160 e. The van der Waals surface area contributed by atoms with Crippen molar-refractivity contribution in [2.45, 2.75) is 0 Å². The van der Waals surface area contributed by atoms with Crippen molar-refractivity contribution in [3.63, 3.8) is 0 Å². The van der Waals surface area contributed by atoms with Gasteiger partial charge in [0.15, 0.2) is 11.6 Å². The van der Waals surface area contributed by atoms with Crippen molar-refractivity contribution in [2.24, 2.45) is 0 Å². The van der Waals surface area contributed by atoms with Crippen molar-refractivity contribution in [2.75, 3.05) is 0 Å². The Hall–Kier alpha value is -12.7. The largest absolute Gasteiger partial charge is 0.309 e. The predicted molar refractivity (Wildman–Crippen MR) is 422 cm³/mol. The standard InChI is InChI=1S/2C46H29N3S/c1-2-13-30(14-3-1)31-15-10-16-32(27-31)40-29-41(39-23-12-22-38-37-21-6-9-26-44(37)50-45(38)39)48-46(47-40)33-17-11-18-34(28-33)49-42-24-7-4-19-35(42)36-20-5-8-25-43(36)49;1-2-10-30(11-3-1)31-18-20-32(21-19-31)40-29-41(34-24-27-39-38-14-6-9-17-44(38)50-45(39)28-34)48-46(47-40)33-22-25-35(26-23-33)49-42-15-7-4-12-36(42)37-13-5-8-16-43(37)49/h2*1-29H. The van der Waals surface area contributed by atoms with Crippen molar-refractivity contribution in [3.8, 4) is 101 Å².